The Morgan fingerprint density at radius 1 is 1.29 bits per heavy atom. The number of carbonyl (C=O) groups excluding carboxylic acids is 1. The molecule has 2 aromatic rings. The van der Waals surface area contributed by atoms with Gasteiger partial charge >= 0.3 is 18.3 Å². The number of alkyl halides is 4. The molecule has 5 nitrogen and oxygen atoms in total. The number of thiazole rings is 1. The molecule has 0 aliphatic carbocycles. The fraction of sp³-hybridized carbons (Fsp3) is 0.333. The summed E-state index contributed by atoms with van der Waals surface area (Å²) < 4.78 is 67.1. The van der Waals surface area contributed by atoms with Crippen LogP contribution >= 0.6 is 11.3 Å². The van der Waals surface area contributed by atoms with Gasteiger partial charge < -0.3 is 14.2 Å². The molecule has 0 unspecified atom stereocenters. The molecule has 0 N–H and O–H groups in total. The van der Waals surface area contributed by atoms with E-state index in [9.17, 15) is 22.4 Å². The zero-order valence-corrected chi connectivity index (χ0v) is 16.0. The number of rotatable bonds is 8. The summed E-state index contributed by atoms with van der Waals surface area (Å²) in [5.41, 5.74) is 1.09. The van der Waals surface area contributed by atoms with E-state index in [0.29, 0.717) is 22.5 Å². The summed E-state index contributed by atoms with van der Waals surface area (Å²) in [6.07, 6.45) is -2.66. The number of nitrogens with zero attached hydrogens (tertiary/aromatic N) is 1. The number of halogens is 4. The molecule has 0 aliphatic rings. The molecule has 0 atom stereocenters. The summed E-state index contributed by atoms with van der Waals surface area (Å²) in [6, 6.07) is 6.65. The lowest BCUT2D eigenvalue weighted by Crippen LogP contribution is -2.23. The summed E-state index contributed by atoms with van der Waals surface area (Å²) in [5, 5.41) is -1.02. The normalized spacial score (nSPS) is 12.2. The van der Waals surface area contributed by atoms with Gasteiger partial charge in [-0.1, -0.05) is 24.3 Å². The quantitative estimate of drug-likeness (QED) is 0.272. The summed E-state index contributed by atoms with van der Waals surface area (Å²) in [4.78, 5) is 15.7. The van der Waals surface area contributed by atoms with E-state index in [1.807, 2.05) is 0 Å². The van der Waals surface area contributed by atoms with Crippen LogP contribution in [-0.2, 0) is 26.8 Å². The van der Waals surface area contributed by atoms with Gasteiger partial charge in [-0.3, -0.25) is 0 Å². The van der Waals surface area contributed by atoms with Gasteiger partial charge in [0, 0.05) is 0 Å². The van der Waals surface area contributed by atoms with Gasteiger partial charge in [0.2, 0.25) is 5.88 Å². The van der Waals surface area contributed by atoms with E-state index in [2.05, 4.69) is 4.98 Å². The molecule has 152 valence electrons. The van der Waals surface area contributed by atoms with E-state index in [1.54, 1.807) is 24.3 Å². The van der Waals surface area contributed by atoms with Crippen LogP contribution in [0.2, 0.25) is 0 Å². The average molecular weight is 419 g/mol. The van der Waals surface area contributed by atoms with E-state index in [1.165, 1.54) is 27.4 Å². The Kier molecular flexibility index (Phi) is 7.00. The van der Waals surface area contributed by atoms with E-state index in [4.69, 9.17) is 14.2 Å². The molecule has 1 heterocycles. The number of hydrogen-bond acceptors (Lipinski definition) is 6. The molecule has 0 bridgehead atoms. The lowest BCUT2D eigenvalue weighted by atomic mass is 10.0. The molecular weight excluding hydrogens is 402 g/mol. The fourth-order valence-corrected chi connectivity index (χ4v) is 3.09. The predicted molar refractivity (Wildman–Crippen MR) is 94.5 cm³/mol. The largest absolute Gasteiger partial charge is 0.503 e. The van der Waals surface area contributed by atoms with Crippen molar-refractivity contribution in [3.63, 3.8) is 0 Å². The summed E-state index contributed by atoms with van der Waals surface area (Å²) in [7, 11) is 2.58. The van der Waals surface area contributed by atoms with Crippen molar-refractivity contribution in [2.45, 2.75) is 25.9 Å². The second-order valence-corrected chi connectivity index (χ2v) is 6.71. The Morgan fingerprint density at radius 3 is 2.57 bits per heavy atom. The Balaban J connectivity index is 2.29. The second kappa shape index (κ2) is 9.05. The Hall–Kier alpha value is -2.62. The maximum absolute atomic E-state index is 13.5. The summed E-state index contributed by atoms with van der Waals surface area (Å²) in [6.45, 7) is 1.30. The standard InChI is InChI=1S/C18H17F4NO4S/c1-10-14(23-17(28-10)18(21,22)16(19)20)27-8-11-6-4-5-7-12(11)13(9-25-2)15(24)26-3/h4-7,9,16H,8H2,1-3H3. The highest BCUT2D eigenvalue weighted by Gasteiger charge is 2.46. The van der Waals surface area contributed by atoms with Crippen molar-refractivity contribution in [3.05, 3.63) is 51.5 Å². The smallest absolute Gasteiger partial charge is 0.358 e. The minimum absolute atomic E-state index is 0.129. The third kappa shape index (κ3) is 4.61. The highest BCUT2D eigenvalue weighted by molar-refractivity contribution is 7.12. The number of ether oxygens (including phenoxy) is 3. The molecule has 0 radical (unpaired) electrons. The van der Waals surface area contributed by atoms with Gasteiger partial charge in [-0.15, -0.1) is 11.3 Å². The Morgan fingerprint density at radius 2 is 1.96 bits per heavy atom. The summed E-state index contributed by atoms with van der Waals surface area (Å²) >= 11 is 0.440. The van der Waals surface area contributed by atoms with E-state index in [0.717, 1.165) is 0 Å². The summed E-state index contributed by atoms with van der Waals surface area (Å²) in [5.74, 6) is -5.17. The molecule has 0 spiro atoms. The van der Waals surface area contributed by atoms with Gasteiger partial charge in [0.25, 0.3) is 0 Å². The highest BCUT2D eigenvalue weighted by atomic mass is 32.1. The molecule has 0 saturated carbocycles. The van der Waals surface area contributed by atoms with Crippen LogP contribution in [0.25, 0.3) is 5.57 Å². The molecule has 10 heteroatoms. The number of aryl methyl sites for hydroxylation is 1. The molecule has 28 heavy (non-hydrogen) atoms. The molecule has 0 saturated heterocycles. The third-order valence-electron chi connectivity index (χ3n) is 3.63. The number of hydrogen-bond donors (Lipinski definition) is 0. The van der Waals surface area contributed by atoms with Crippen LogP contribution in [0.3, 0.4) is 0 Å². The maximum Gasteiger partial charge on any atom is 0.358 e. The molecule has 2 rings (SSSR count). The zero-order valence-electron chi connectivity index (χ0n) is 15.2. The van der Waals surface area contributed by atoms with Crippen molar-refractivity contribution >= 4 is 22.9 Å². The fourth-order valence-electron chi connectivity index (χ4n) is 2.26. The van der Waals surface area contributed by atoms with Crippen LogP contribution < -0.4 is 4.74 Å². The van der Waals surface area contributed by atoms with Crippen LogP contribution in [0.5, 0.6) is 5.88 Å². The monoisotopic (exact) mass is 419 g/mol. The third-order valence-corrected chi connectivity index (χ3v) is 4.66. The molecular formula is C18H17F4NO4S. The van der Waals surface area contributed by atoms with Crippen LogP contribution in [0, 0.1) is 6.92 Å². The molecule has 0 amide bonds. The van der Waals surface area contributed by atoms with Crippen molar-refractivity contribution in [1.82, 2.24) is 4.98 Å². The zero-order chi connectivity index (χ0) is 20.9. The SMILES string of the molecule is COC=C(C(=O)OC)c1ccccc1COc1nc(C(F)(F)C(F)F)sc1C. The van der Waals surface area contributed by atoms with Crippen LogP contribution in [-0.4, -0.2) is 31.6 Å². The van der Waals surface area contributed by atoms with Crippen LogP contribution in [0.15, 0.2) is 30.5 Å². The number of methoxy groups -OCH3 is 2. The lowest BCUT2D eigenvalue weighted by molar-refractivity contribution is -0.135. The topological polar surface area (TPSA) is 57.7 Å². The second-order valence-electron chi connectivity index (χ2n) is 5.51. The highest BCUT2D eigenvalue weighted by Crippen LogP contribution is 2.40. The molecule has 0 fully saturated rings. The number of carbonyl (C=O) groups is 1. The van der Waals surface area contributed by atoms with Gasteiger partial charge in [-0.25, -0.2) is 13.6 Å². The van der Waals surface area contributed by atoms with Gasteiger partial charge in [0.05, 0.1) is 25.4 Å². The number of esters is 1. The first kappa shape index (κ1) is 21.7. The van der Waals surface area contributed by atoms with Gasteiger partial charge in [0.15, 0.2) is 5.01 Å². The van der Waals surface area contributed by atoms with Crippen molar-refractivity contribution in [3.8, 4) is 5.88 Å². The first-order chi connectivity index (χ1) is 13.2. The molecule has 1 aromatic carbocycles. The number of benzene rings is 1. The molecule has 1 aromatic heterocycles. The number of aromatic nitrogens is 1. The van der Waals surface area contributed by atoms with E-state index in [-0.39, 0.29) is 22.9 Å². The Labute approximate surface area is 162 Å². The minimum Gasteiger partial charge on any atom is -0.503 e. The van der Waals surface area contributed by atoms with Crippen molar-refractivity contribution < 1.29 is 36.6 Å². The first-order valence-electron chi connectivity index (χ1n) is 7.88. The van der Waals surface area contributed by atoms with Gasteiger partial charge in [-0.05, 0) is 18.1 Å². The van der Waals surface area contributed by atoms with Gasteiger partial charge in [-0.2, -0.15) is 13.8 Å². The van der Waals surface area contributed by atoms with Gasteiger partial charge in [0.1, 0.15) is 12.2 Å². The Bertz CT molecular complexity index is 867. The lowest BCUT2D eigenvalue weighted by Gasteiger charge is -2.12. The average Bonchev–Trinajstić information content (AvgIpc) is 3.05. The van der Waals surface area contributed by atoms with Crippen molar-refractivity contribution in [2.75, 3.05) is 14.2 Å². The predicted octanol–water partition coefficient (Wildman–Crippen LogP) is 4.55. The van der Waals surface area contributed by atoms with Crippen molar-refractivity contribution in [1.29, 1.82) is 0 Å². The van der Waals surface area contributed by atoms with Crippen LogP contribution in [0.4, 0.5) is 17.6 Å². The molecule has 0 aliphatic heterocycles. The van der Waals surface area contributed by atoms with E-state index < -0.39 is 23.3 Å². The maximum atomic E-state index is 13.5. The first-order valence-corrected chi connectivity index (χ1v) is 8.70. The van der Waals surface area contributed by atoms with Crippen LogP contribution in [0.1, 0.15) is 21.0 Å². The minimum atomic E-state index is -4.35. The van der Waals surface area contributed by atoms with E-state index >= 15 is 0 Å². The van der Waals surface area contributed by atoms with Crippen molar-refractivity contribution in [2.24, 2.45) is 0 Å².